The van der Waals surface area contributed by atoms with E-state index in [1.807, 2.05) is 16.7 Å². The van der Waals surface area contributed by atoms with Gasteiger partial charge in [-0.1, -0.05) is 0 Å². The second-order valence-corrected chi connectivity index (χ2v) is 6.44. The van der Waals surface area contributed by atoms with Gasteiger partial charge in [-0.3, -0.25) is 9.59 Å². The van der Waals surface area contributed by atoms with Gasteiger partial charge in [0.15, 0.2) is 0 Å². The molecule has 0 bridgehead atoms. The van der Waals surface area contributed by atoms with Crippen molar-refractivity contribution in [1.29, 1.82) is 0 Å². The highest BCUT2D eigenvalue weighted by Gasteiger charge is 2.39. The number of nitrogens with zero attached hydrogens (tertiary/aromatic N) is 1. The fraction of sp³-hybridized carbons (Fsp3) is 0.833. The number of hydrogen-bond donors (Lipinski definition) is 1. The van der Waals surface area contributed by atoms with Crippen molar-refractivity contribution in [3.8, 4) is 0 Å². The van der Waals surface area contributed by atoms with E-state index < -0.39 is 5.54 Å². The van der Waals surface area contributed by atoms with E-state index in [0.29, 0.717) is 19.0 Å². The zero-order chi connectivity index (χ0) is 12.5. The molecule has 0 aromatic rings. The monoisotopic (exact) mass is 256 g/mol. The number of thioether (sulfide) groups is 1. The highest BCUT2D eigenvalue weighted by atomic mass is 32.2. The van der Waals surface area contributed by atoms with E-state index in [-0.39, 0.29) is 11.8 Å². The average Bonchev–Trinajstić information content (AvgIpc) is 2.38. The highest BCUT2D eigenvalue weighted by molar-refractivity contribution is 7.99. The van der Waals surface area contributed by atoms with Gasteiger partial charge in [-0.2, -0.15) is 11.8 Å². The number of nitrogens with one attached hydrogen (secondary N) is 1. The molecule has 1 N–H and O–H groups in total. The molecule has 96 valence electrons. The van der Waals surface area contributed by atoms with Gasteiger partial charge in [-0.25, -0.2) is 0 Å². The third-order valence-corrected chi connectivity index (χ3v) is 4.60. The highest BCUT2D eigenvalue weighted by Crippen LogP contribution is 2.25. The van der Waals surface area contributed by atoms with Gasteiger partial charge in [-0.15, -0.1) is 0 Å². The van der Waals surface area contributed by atoms with Crippen molar-refractivity contribution >= 4 is 23.6 Å². The van der Waals surface area contributed by atoms with Crippen molar-refractivity contribution in [2.24, 2.45) is 0 Å². The van der Waals surface area contributed by atoms with Crippen LogP contribution in [0.15, 0.2) is 0 Å². The van der Waals surface area contributed by atoms with E-state index in [2.05, 4.69) is 5.32 Å². The third kappa shape index (κ3) is 2.76. The van der Waals surface area contributed by atoms with E-state index in [9.17, 15) is 9.59 Å². The number of carbonyl (C=O) groups excluding carboxylic acids is 2. The van der Waals surface area contributed by atoms with Crippen LogP contribution in [-0.2, 0) is 9.59 Å². The Hall–Kier alpha value is -0.710. The van der Waals surface area contributed by atoms with Crippen molar-refractivity contribution < 1.29 is 9.59 Å². The smallest absolute Gasteiger partial charge is 0.248 e. The van der Waals surface area contributed by atoms with Crippen LogP contribution in [0.4, 0.5) is 0 Å². The van der Waals surface area contributed by atoms with Gasteiger partial charge in [0.2, 0.25) is 11.8 Å². The number of amides is 2. The fourth-order valence-electron chi connectivity index (χ4n) is 2.47. The average molecular weight is 256 g/mol. The number of rotatable bonds is 1. The van der Waals surface area contributed by atoms with Crippen LogP contribution in [0.1, 0.15) is 33.1 Å². The molecule has 17 heavy (non-hydrogen) atoms. The van der Waals surface area contributed by atoms with Crippen molar-refractivity contribution in [2.75, 3.05) is 18.1 Å². The Morgan fingerprint density at radius 1 is 1.41 bits per heavy atom. The first-order valence-electron chi connectivity index (χ1n) is 6.20. The SMILES string of the molecule is CC1(C)NC(=O)CCN(C2CCCSC2)C1=O. The summed E-state index contributed by atoms with van der Waals surface area (Å²) in [5.74, 6) is 2.25. The van der Waals surface area contributed by atoms with Gasteiger partial charge in [0.25, 0.3) is 0 Å². The van der Waals surface area contributed by atoms with Crippen molar-refractivity contribution in [2.45, 2.75) is 44.7 Å². The maximum Gasteiger partial charge on any atom is 0.248 e. The first-order chi connectivity index (χ1) is 8.00. The summed E-state index contributed by atoms with van der Waals surface area (Å²) in [7, 11) is 0. The third-order valence-electron chi connectivity index (χ3n) is 3.40. The summed E-state index contributed by atoms with van der Waals surface area (Å²) >= 11 is 1.91. The Balaban J connectivity index is 2.14. The molecule has 2 saturated heterocycles. The second kappa shape index (κ2) is 4.88. The van der Waals surface area contributed by atoms with E-state index >= 15 is 0 Å². The van der Waals surface area contributed by atoms with Gasteiger partial charge >= 0.3 is 0 Å². The van der Waals surface area contributed by atoms with Crippen molar-refractivity contribution in [3.63, 3.8) is 0 Å². The first-order valence-corrected chi connectivity index (χ1v) is 7.36. The molecular formula is C12H20N2O2S. The van der Waals surface area contributed by atoms with Crippen molar-refractivity contribution in [1.82, 2.24) is 10.2 Å². The molecule has 2 heterocycles. The minimum atomic E-state index is -0.754. The Labute approximate surface area is 106 Å². The van der Waals surface area contributed by atoms with Crippen LogP contribution < -0.4 is 5.32 Å². The fourth-order valence-corrected chi connectivity index (χ4v) is 3.62. The summed E-state index contributed by atoms with van der Waals surface area (Å²) < 4.78 is 0. The van der Waals surface area contributed by atoms with Crippen LogP contribution in [0.5, 0.6) is 0 Å². The molecule has 1 atom stereocenters. The summed E-state index contributed by atoms with van der Waals surface area (Å²) in [5.41, 5.74) is -0.754. The lowest BCUT2D eigenvalue weighted by molar-refractivity contribution is -0.139. The molecule has 2 fully saturated rings. The molecule has 5 heteroatoms. The molecule has 0 aromatic carbocycles. The van der Waals surface area contributed by atoms with Gasteiger partial charge < -0.3 is 10.2 Å². The van der Waals surface area contributed by atoms with Gasteiger partial charge in [-0.05, 0) is 32.4 Å². The Morgan fingerprint density at radius 3 is 2.82 bits per heavy atom. The maximum atomic E-state index is 12.4. The standard InChI is InChI=1S/C12H20N2O2S/c1-12(2)11(16)14(6-5-10(15)13-12)9-4-3-7-17-8-9/h9H,3-8H2,1-2H3,(H,13,15). The molecule has 0 saturated carbocycles. The summed E-state index contributed by atoms with van der Waals surface area (Å²) in [6, 6.07) is 0.313. The maximum absolute atomic E-state index is 12.4. The topological polar surface area (TPSA) is 49.4 Å². The van der Waals surface area contributed by atoms with Crippen molar-refractivity contribution in [3.05, 3.63) is 0 Å². The molecule has 0 spiro atoms. The van der Waals surface area contributed by atoms with E-state index in [0.717, 1.165) is 12.2 Å². The lowest BCUT2D eigenvalue weighted by Gasteiger charge is -2.36. The van der Waals surface area contributed by atoms with Crippen LogP contribution >= 0.6 is 11.8 Å². The lowest BCUT2D eigenvalue weighted by atomic mass is 10.0. The summed E-state index contributed by atoms with van der Waals surface area (Å²) in [6.45, 7) is 4.16. The van der Waals surface area contributed by atoms with Crippen LogP contribution in [0.25, 0.3) is 0 Å². The quantitative estimate of drug-likeness (QED) is 0.762. The molecule has 0 aliphatic carbocycles. The van der Waals surface area contributed by atoms with E-state index in [4.69, 9.17) is 0 Å². The molecule has 2 aliphatic rings. The second-order valence-electron chi connectivity index (χ2n) is 5.29. The molecule has 0 aromatic heterocycles. The van der Waals surface area contributed by atoms with Gasteiger partial charge in [0, 0.05) is 24.8 Å². The van der Waals surface area contributed by atoms with E-state index in [1.54, 1.807) is 13.8 Å². The Morgan fingerprint density at radius 2 is 2.18 bits per heavy atom. The predicted octanol–water partition coefficient (Wildman–Crippen LogP) is 1.01. The first kappa shape index (κ1) is 12.7. The molecule has 2 amide bonds. The van der Waals surface area contributed by atoms with Crippen LogP contribution in [0, 0.1) is 0 Å². The number of carbonyl (C=O) groups is 2. The van der Waals surface area contributed by atoms with E-state index in [1.165, 1.54) is 12.2 Å². The molecule has 0 radical (unpaired) electrons. The zero-order valence-corrected chi connectivity index (χ0v) is 11.3. The Kier molecular flexibility index (Phi) is 3.66. The predicted molar refractivity (Wildman–Crippen MR) is 68.9 cm³/mol. The summed E-state index contributed by atoms with van der Waals surface area (Å²) in [4.78, 5) is 25.9. The minimum absolute atomic E-state index is 0.0192. The minimum Gasteiger partial charge on any atom is -0.342 e. The Bertz CT molecular complexity index is 324. The van der Waals surface area contributed by atoms with Crippen LogP contribution in [0.2, 0.25) is 0 Å². The zero-order valence-electron chi connectivity index (χ0n) is 10.5. The van der Waals surface area contributed by atoms with Gasteiger partial charge in [0.05, 0.1) is 0 Å². The lowest BCUT2D eigenvalue weighted by Crippen LogP contribution is -2.55. The molecule has 2 rings (SSSR count). The van der Waals surface area contributed by atoms with Gasteiger partial charge in [0.1, 0.15) is 5.54 Å². The molecule has 2 aliphatic heterocycles. The molecular weight excluding hydrogens is 236 g/mol. The summed E-state index contributed by atoms with van der Waals surface area (Å²) in [5, 5.41) is 2.80. The summed E-state index contributed by atoms with van der Waals surface area (Å²) in [6.07, 6.45) is 2.67. The number of hydrogen-bond acceptors (Lipinski definition) is 3. The largest absolute Gasteiger partial charge is 0.342 e. The molecule has 4 nitrogen and oxygen atoms in total. The normalized spacial score (nSPS) is 29.8. The van der Waals surface area contributed by atoms with Crippen LogP contribution in [0.3, 0.4) is 0 Å². The molecule has 1 unspecified atom stereocenters. The van der Waals surface area contributed by atoms with Crippen LogP contribution in [-0.4, -0.2) is 46.3 Å².